The van der Waals surface area contributed by atoms with Gasteiger partial charge in [0.15, 0.2) is 0 Å². The van der Waals surface area contributed by atoms with E-state index in [1.54, 1.807) is 13.2 Å². The Kier molecular flexibility index (Phi) is 4.13. The van der Waals surface area contributed by atoms with E-state index in [4.69, 9.17) is 15.2 Å². The molecule has 1 rings (SSSR count). The molecule has 0 saturated heterocycles. The lowest BCUT2D eigenvalue weighted by atomic mass is 10.2. The number of carbonyl (C=O) groups excluding carboxylic acids is 1. The number of amides is 1. The number of hydrogen-bond acceptors (Lipinski definition) is 4. The number of ether oxygens (including phenoxy) is 2. The minimum atomic E-state index is -0.692. The van der Waals surface area contributed by atoms with Gasteiger partial charge in [-0.3, -0.25) is 4.79 Å². The highest BCUT2D eigenvalue weighted by Crippen LogP contribution is 2.23. The molecular weight excluding hydrogens is 210 g/mol. The van der Waals surface area contributed by atoms with Gasteiger partial charge in [0, 0.05) is 7.11 Å². The third kappa shape index (κ3) is 3.13. The molecule has 1 aromatic rings. The highest BCUT2D eigenvalue weighted by atomic mass is 16.5. The molecule has 0 aliphatic rings. The van der Waals surface area contributed by atoms with Crippen LogP contribution in [0, 0.1) is 0 Å². The maximum atomic E-state index is 11.0. The average Bonchev–Trinajstić information content (AvgIpc) is 2.21. The molecule has 0 unspecified atom stereocenters. The van der Waals surface area contributed by atoms with E-state index in [1.165, 1.54) is 12.1 Å². The molecule has 1 aromatic carbocycles. The van der Waals surface area contributed by atoms with Crippen molar-refractivity contribution in [1.29, 1.82) is 0 Å². The molecule has 1 atom stereocenters. The second kappa shape index (κ2) is 5.37. The molecule has 0 radical (unpaired) electrons. The molecule has 5 nitrogen and oxygen atoms in total. The van der Waals surface area contributed by atoms with Crippen molar-refractivity contribution in [2.75, 3.05) is 13.7 Å². The molecule has 0 heterocycles. The number of nitrogens with two attached hydrogens (primary N) is 1. The topological polar surface area (TPSA) is 81.8 Å². The zero-order chi connectivity index (χ0) is 12.1. The monoisotopic (exact) mass is 225 g/mol. The van der Waals surface area contributed by atoms with Crippen LogP contribution in [0.4, 0.5) is 0 Å². The number of rotatable bonds is 5. The van der Waals surface area contributed by atoms with Gasteiger partial charge in [0.25, 0.3) is 5.91 Å². The first-order valence-corrected chi connectivity index (χ1v) is 4.83. The number of benzene rings is 1. The Balaban J connectivity index is 2.82. The summed E-state index contributed by atoms with van der Waals surface area (Å²) in [7, 11) is 1.57. The minimum Gasteiger partial charge on any atom is -0.507 e. The van der Waals surface area contributed by atoms with E-state index in [0.29, 0.717) is 12.4 Å². The van der Waals surface area contributed by atoms with Crippen molar-refractivity contribution in [3.8, 4) is 11.5 Å². The summed E-state index contributed by atoms with van der Waals surface area (Å²) in [5.74, 6) is -0.377. The molecule has 3 N–H and O–H groups in total. The summed E-state index contributed by atoms with van der Waals surface area (Å²) >= 11 is 0. The fourth-order valence-electron chi connectivity index (χ4n) is 1.29. The van der Waals surface area contributed by atoms with E-state index in [1.807, 2.05) is 6.92 Å². The maximum absolute atomic E-state index is 11.0. The summed E-state index contributed by atoms with van der Waals surface area (Å²) in [4.78, 5) is 11.0. The van der Waals surface area contributed by atoms with Gasteiger partial charge in [-0.2, -0.15) is 0 Å². The minimum absolute atomic E-state index is 0.0436. The zero-order valence-corrected chi connectivity index (χ0v) is 9.27. The Labute approximate surface area is 93.8 Å². The van der Waals surface area contributed by atoms with E-state index in [2.05, 4.69) is 0 Å². The van der Waals surface area contributed by atoms with Crippen LogP contribution in [0.15, 0.2) is 18.2 Å². The standard InChI is InChI=1S/C11H15NO4/c1-7(6-15-2)16-8-3-4-10(13)9(5-8)11(12)14/h3-5,7,13H,6H2,1-2H3,(H2,12,14)/t7-/m0/s1. The Morgan fingerprint density at radius 2 is 2.25 bits per heavy atom. The van der Waals surface area contributed by atoms with E-state index in [9.17, 15) is 9.90 Å². The fourth-order valence-corrected chi connectivity index (χ4v) is 1.29. The van der Waals surface area contributed by atoms with Crippen LogP contribution in [-0.2, 0) is 4.74 Å². The first-order chi connectivity index (χ1) is 7.54. The van der Waals surface area contributed by atoms with Gasteiger partial charge in [0.1, 0.15) is 17.6 Å². The molecular formula is C11H15NO4. The molecule has 0 bridgehead atoms. The molecule has 1 amide bonds. The second-order valence-electron chi connectivity index (χ2n) is 3.43. The number of primary amides is 1. The number of phenols is 1. The second-order valence-corrected chi connectivity index (χ2v) is 3.43. The van der Waals surface area contributed by atoms with Gasteiger partial charge in [-0.25, -0.2) is 0 Å². The third-order valence-electron chi connectivity index (χ3n) is 1.97. The first kappa shape index (κ1) is 12.3. The number of hydrogen-bond donors (Lipinski definition) is 2. The number of aromatic hydroxyl groups is 1. The lowest BCUT2D eigenvalue weighted by Gasteiger charge is -2.14. The third-order valence-corrected chi connectivity index (χ3v) is 1.97. The summed E-state index contributed by atoms with van der Waals surface area (Å²) < 4.78 is 10.4. The van der Waals surface area contributed by atoms with Gasteiger partial charge < -0.3 is 20.3 Å². The van der Waals surface area contributed by atoms with Crippen molar-refractivity contribution in [1.82, 2.24) is 0 Å². The number of carbonyl (C=O) groups is 1. The highest BCUT2D eigenvalue weighted by molar-refractivity contribution is 5.95. The molecule has 88 valence electrons. The molecule has 0 aliphatic carbocycles. The van der Waals surface area contributed by atoms with Crippen LogP contribution >= 0.6 is 0 Å². The maximum Gasteiger partial charge on any atom is 0.252 e. The van der Waals surface area contributed by atoms with Crippen molar-refractivity contribution in [2.24, 2.45) is 5.73 Å². The van der Waals surface area contributed by atoms with Gasteiger partial charge in [0.2, 0.25) is 0 Å². The highest BCUT2D eigenvalue weighted by Gasteiger charge is 2.10. The number of methoxy groups -OCH3 is 1. The lowest BCUT2D eigenvalue weighted by Crippen LogP contribution is -2.18. The normalized spacial score (nSPS) is 12.1. The Morgan fingerprint density at radius 1 is 1.56 bits per heavy atom. The Bertz CT molecular complexity index is 378. The van der Waals surface area contributed by atoms with Crippen molar-refractivity contribution in [3.05, 3.63) is 23.8 Å². The van der Waals surface area contributed by atoms with Crippen LogP contribution in [0.5, 0.6) is 11.5 Å². The SMILES string of the molecule is COC[C@H](C)Oc1ccc(O)c(C(N)=O)c1. The molecule has 0 saturated carbocycles. The quantitative estimate of drug-likeness (QED) is 0.780. The van der Waals surface area contributed by atoms with Crippen LogP contribution < -0.4 is 10.5 Å². The van der Waals surface area contributed by atoms with Gasteiger partial charge in [-0.05, 0) is 25.1 Å². The van der Waals surface area contributed by atoms with E-state index in [0.717, 1.165) is 0 Å². The smallest absolute Gasteiger partial charge is 0.252 e. The van der Waals surface area contributed by atoms with Crippen LogP contribution in [-0.4, -0.2) is 30.8 Å². The predicted molar refractivity (Wildman–Crippen MR) is 58.6 cm³/mol. The molecule has 0 spiro atoms. The Hall–Kier alpha value is -1.75. The van der Waals surface area contributed by atoms with E-state index in [-0.39, 0.29) is 17.4 Å². The fraction of sp³-hybridized carbons (Fsp3) is 0.364. The van der Waals surface area contributed by atoms with Crippen LogP contribution in [0.25, 0.3) is 0 Å². The largest absolute Gasteiger partial charge is 0.507 e. The summed E-state index contributed by atoms with van der Waals surface area (Å²) in [6.07, 6.45) is -0.143. The summed E-state index contributed by atoms with van der Waals surface area (Å²) in [5.41, 5.74) is 5.14. The van der Waals surface area contributed by atoms with Crippen molar-refractivity contribution in [3.63, 3.8) is 0 Å². The molecule has 16 heavy (non-hydrogen) atoms. The van der Waals surface area contributed by atoms with Crippen molar-refractivity contribution >= 4 is 5.91 Å². The molecule has 5 heteroatoms. The van der Waals surface area contributed by atoms with Crippen LogP contribution in [0.3, 0.4) is 0 Å². The molecule has 0 aromatic heterocycles. The van der Waals surface area contributed by atoms with Gasteiger partial charge in [0.05, 0.1) is 12.2 Å². The predicted octanol–water partition coefficient (Wildman–Crippen LogP) is 0.905. The summed E-state index contributed by atoms with van der Waals surface area (Å²) in [5, 5.41) is 9.36. The van der Waals surface area contributed by atoms with Crippen LogP contribution in [0.1, 0.15) is 17.3 Å². The summed E-state index contributed by atoms with van der Waals surface area (Å²) in [6, 6.07) is 4.34. The van der Waals surface area contributed by atoms with Crippen molar-refractivity contribution in [2.45, 2.75) is 13.0 Å². The van der Waals surface area contributed by atoms with Crippen molar-refractivity contribution < 1.29 is 19.4 Å². The van der Waals surface area contributed by atoms with Gasteiger partial charge >= 0.3 is 0 Å². The zero-order valence-electron chi connectivity index (χ0n) is 9.27. The first-order valence-electron chi connectivity index (χ1n) is 4.83. The van der Waals surface area contributed by atoms with E-state index < -0.39 is 5.91 Å². The molecule has 0 aliphatic heterocycles. The van der Waals surface area contributed by atoms with Gasteiger partial charge in [-0.1, -0.05) is 0 Å². The van der Waals surface area contributed by atoms with E-state index >= 15 is 0 Å². The van der Waals surface area contributed by atoms with Crippen LogP contribution in [0.2, 0.25) is 0 Å². The average molecular weight is 225 g/mol. The lowest BCUT2D eigenvalue weighted by molar-refractivity contribution is 0.0915. The Morgan fingerprint density at radius 3 is 2.81 bits per heavy atom. The molecule has 0 fully saturated rings. The van der Waals surface area contributed by atoms with Gasteiger partial charge in [-0.15, -0.1) is 0 Å². The summed E-state index contributed by atoms with van der Waals surface area (Å²) in [6.45, 7) is 2.27.